The summed E-state index contributed by atoms with van der Waals surface area (Å²) in [6, 6.07) is 7.04. The number of hydrogen-bond acceptors (Lipinski definition) is 7. The number of para-hydroxylation sites is 2. The lowest BCUT2D eigenvalue weighted by atomic mass is 9.85. The first-order chi connectivity index (χ1) is 15.6. The fraction of sp³-hybridized carbons (Fsp3) is 0.565. The minimum absolute atomic E-state index is 0.0744. The van der Waals surface area contributed by atoms with Crippen LogP contribution in [-0.2, 0) is 14.3 Å². The van der Waals surface area contributed by atoms with Gasteiger partial charge in [-0.15, -0.1) is 0 Å². The van der Waals surface area contributed by atoms with Crippen LogP contribution in [0.25, 0.3) is 11.1 Å². The fourth-order valence-corrected chi connectivity index (χ4v) is 4.30. The Labute approximate surface area is 186 Å². The lowest BCUT2D eigenvalue weighted by molar-refractivity contribution is -0.145. The van der Waals surface area contributed by atoms with E-state index in [1.165, 1.54) is 6.42 Å². The summed E-state index contributed by atoms with van der Waals surface area (Å²) in [6.45, 7) is 1.61. The van der Waals surface area contributed by atoms with Crippen molar-refractivity contribution in [2.75, 3.05) is 32.8 Å². The van der Waals surface area contributed by atoms with Crippen molar-refractivity contribution in [2.24, 2.45) is 5.92 Å². The highest BCUT2D eigenvalue weighted by Gasteiger charge is 2.32. The Kier molecular flexibility index (Phi) is 7.36. The van der Waals surface area contributed by atoms with Crippen LogP contribution in [0.3, 0.4) is 0 Å². The van der Waals surface area contributed by atoms with E-state index in [-0.39, 0.29) is 18.3 Å². The van der Waals surface area contributed by atoms with Crippen LogP contribution in [-0.4, -0.2) is 66.6 Å². The summed E-state index contributed by atoms with van der Waals surface area (Å²) in [6.07, 6.45) is 4.39. The summed E-state index contributed by atoms with van der Waals surface area (Å²) in [5, 5.41) is 2.44. The van der Waals surface area contributed by atoms with Crippen LogP contribution in [0.5, 0.6) is 0 Å². The van der Waals surface area contributed by atoms with Gasteiger partial charge in [0.25, 0.3) is 11.8 Å². The van der Waals surface area contributed by atoms with Crippen LogP contribution in [0, 0.1) is 5.92 Å². The van der Waals surface area contributed by atoms with Crippen LogP contribution in [0.1, 0.15) is 49.2 Å². The van der Waals surface area contributed by atoms with Gasteiger partial charge in [0.1, 0.15) is 5.52 Å². The number of benzene rings is 1. The molecule has 1 saturated carbocycles. The molecule has 2 aromatic rings. The van der Waals surface area contributed by atoms with Crippen molar-refractivity contribution in [3.63, 3.8) is 0 Å². The molecule has 4 rings (SSSR count). The Morgan fingerprint density at radius 1 is 1.12 bits per heavy atom. The highest BCUT2D eigenvalue weighted by atomic mass is 16.6. The van der Waals surface area contributed by atoms with E-state index in [9.17, 15) is 14.4 Å². The van der Waals surface area contributed by atoms with Crippen molar-refractivity contribution >= 4 is 28.9 Å². The predicted octanol–water partition coefficient (Wildman–Crippen LogP) is 2.93. The average molecular weight is 444 g/mol. The number of nitrogens with one attached hydrogen (secondary N) is 1. The van der Waals surface area contributed by atoms with E-state index in [2.05, 4.69) is 10.3 Å². The minimum atomic E-state index is -0.865. The number of nitrogens with zero attached hydrogens (tertiary/aromatic N) is 2. The molecule has 2 amide bonds. The quantitative estimate of drug-likeness (QED) is 0.655. The van der Waals surface area contributed by atoms with Crippen LogP contribution < -0.4 is 5.32 Å². The van der Waals surface area contributed by atoms with Crippen molar-refractivity contribution in [2.45, 2.75) is 44.6 Å². The number of morpholine rings is 1. The summed E-state index contributed by atoms with van der Waals surface area (Å²) in [4.78, 5) is 43.7. The number of Topliss-reactive ketones (excluding diaryl/α,β-unsaturated/α-hetero) is 1. The number of oxazole rings is 1. The maximum atomic E-state index is 13.0. The third-order valence-electron chi connectivity index (χ3n) is 6.05. The molecule has 1 N–H and O–H groups in total. The third-order valence-corrected chi connectivity index (χ3v) is 6.05. The monoisotopic (exact) mass is 443 g/mol. The second-order valence-corrected chi connectivity index (χ2v) is 8.33. The molecule has 32 heavy (non-hydrogen) atoms. The number of fused-ring (bicyclic) bond motifs is 1. The fourth-order valence-electron chi connectivity index (χ4n) is 4.30. The van der Waals surface area contributed by atoms with Gasteiger partial charge in [0.05, 0.1) is 19.8 Å². The number of aromatic nitrogens is 1. The maximum Gasteiger partial charge on any atom is 0.408 e. The van der Waals surface area contributed by atoms with E-state index in [1.807, 2.05) is 0 Å². The Morgan fingerprint density at radius 3 is 2.62 bits per heavy atom. The largest absolute Gasteiger partial charge is 0.436 e. The third kappa shape index (κ3) is 5.64. The van der Waals surface area contributed by atoms with Gasteiger partial charge in [-0.3, -0.25) is 9.59 Å². The first-order valence-electron chi connectivity index (χ1n) is 11.3. The van der Waals surface area contributed by atoms with Crippen LogP contribution in [0.2, 0.25) is 0 Å². The number of alkyl carbamates (subject to hydrolysis) is 1. The van der Waals surface area contributed by atoms with Gasteiger partial charge in [0.2, 0.25) is 5.78 Å². The highest BCUT2D eigenvalue weighted by molar-refractivity contribution is 5.97. The van der Waals surface area contributed by atoms with Crippen molar-refractivity contribution in [3.05, 3.63) is 30.2 Å². The van der Waals surface area contributed by atoms with Gasteiger partial charge in [-0.05, 0) is 24.5 Å². The molecule has 2 fully saturated rings. The topological polar surface area (TPSA) is 111 Å². The Bertz CT molecular complexity index is 913. The molecule has 1 saturated heterocycles. The second-order valence-electron chi connectivity index (χ2n) is 8.33. The number of ketones is 1. The van der Waals surface area contributed by atoms with E-state index in [1.54, 1.807) is 29.2 Å². The van der Waals surface area contributed by atoms with Crippen molar-refractivity contribution in [1.82, 2.24) is 15.2 Å². The molecular formula is C23H29N3O6. The van der Waals surface area contributed by atoms with E-state index >= 15 is 0 Å². The van der Waals surface area contributed by atoms with Gasteiger partial charge in [-0.2, -0.15) is 0 Å². The summed E-state index contributed by atoms with van der Waals surface area (Å²) in [5.74, 6) is -0.386. The van der Waals surface area contributed by atoms with Crippen molar-refractivity contribution in [1.29, 1.82) is 0 Å². The number of ether oxygens (including phenoxy) is 2. The zero-order valence-corrected chi connectivity index (χ0v) is 18.1. The Hall–Kier alpha value is -2.94. The molecule has 0 spiro atoms. The van der Waals surface area contributed by atoms with Crippen molar-refractivity contribution in [3.8, 4) is 0 Å². The molecule has 1 atom stereocenters. The molecule has 9 heteroatoms. The lowest BCUT2D eigenvalue weighted by Gasteiger charge is -2.32. The molecular weight excluding hydrogens is 414 g/mol. The predicted molar refractivity (Wildman–Crippen MR) is 115 cm³/mol. The Morgan fingerprint density at radius 2 is 1.88 bits per heavy atom. The number of carbonyl (C=O) groups excluding carboxylic acids is 3. The molecule has 9 nitrogen and oxygen atoms in total. The molecule has 0 unspecified atom stereocenters. The number of amides is 2. The van der Waals surface area contributed by atoms with Gasteiger partial charge in [-0.25, -0.2) is 9.78 Å². The normalized spacial score (nSPS) is 18.3. The molecule has 172 valence electrons. The first-order valence-corrected chi connectivity index (χ1v) is 11.3. The Balaban J connectivity index is 1.34. The van der Waals surface area contributed by atoms with Crippen molar-refractivity contribution < 1.29 is 28.3 Å². The van der Waals surface area contributed by atoms with Crippen LogP contribution >= 0.6 is 0 Å². The van der Waals surface area contributed by atoms with E-state index in [0.717, 1.165) is 25.7 Å². The number of carbonyl (C=O) groups is 3. The smallest absolute Gasteiger partial charge is 0.408 e. The second kappa shape index (κ2) is 10.6. The van der Waals surface area contributed by atoms with Gasteiger partial charge >= 0.3 is 6.09 Å². The van der Waals surface area contributed by atoms with Gasteiger partial charge in [0, 0.05) is 13.1 Å². The zero-order valence-electron chi connectivity index (χ0n) is 18.1. The number of rotatable bonds is 7. The van der Waals surface area contributed by atoms with Crippen LogP contribution in [0.4, 0.5) is 4.79 Å². The molecule has 2 aliphatic rings. The van der Waals surface area contributed by atoms with Gasteiger partial charge < -0.3 is 24.1 Å². The standard InChI is InChI=1S/C23H29N3O6/c27-18(21-25-17-8-4-5-9-19(17)31-21)15-24-23(29)32-20(14-16-6-2-1-3-7-16)22(28)26-10-12-30-13-11-26/h4-5,8-9,16,20H,1-3,6-7,10-15H2,(H,24,29)/t20-/m0/s1. The summed E-state index contributed by atoms with van der Waals surface area (Å²) < 4.78 is 16.3. The summed E-state index contributed by atoms with van der Waals surface area (Å²) >= 11 is 0. The van der Waals surface area contributed by atoms with Gasteiger partial charge in [-0.1, -0.05) is 44.2 Å². The van der Waals surface area contributed by atoms with E-state index in [4.69, 9.17) is 13.9 Å². The lowest BCUT2D eigenvalue weighted by Crippen LogP contribution is -2.48. The number of hydrogen-bond donors (Lipinski definition) is 1. The van der Waals surface area contributed by atoms with Gasteiger partial charge in [0.15, 0.2) is 11.7 Å². The van der Waals surface area contributed by atoms with E-state index < -0.39 is 18.0 Å². The molecule has 0 bridgehead atoms. The summed E-state index contributed by atoms with van der Waals surface area (Å²) in [7, 11) is 0. The molecule has 1 aliphatic carbocycles. The summed E-state index contributed by atoms with van der Waals surface area (Å²) in [5.41, 5.74) is 1.07. The first kappa shape index (κ1) is 22.3. The molecule has 2 heterocycles. The molecule has 1 aromatic carbocycles. The van der Waals surface area contributed by atoms with Crippen LogP contribution in [0.15, 0.2) is 28.7 Å². The SMILES string of the molecule is O=C(NCC(=O)c1nc2ccccc2o1)O[C@@H](CC1CCCCC1)C(=O)N1CCOCC1. The molecule has 1 aliphatic heterocycles. The average Bonchev–Trinajstić information content (AvgIpc) is 3.27. The molecule has 0 radical (unpaired) electrons. The maximum absolute atomic E-state index is 13.0. The zero-order chi connectivity index (χ0) is 22.3. The van der Waals surface area contributed by atoms with E-state index in [0.29, 0.717) is 49.7 Å². The minimum Gasteiger partial charge on any atom is -0.436 e. The molecule has 1 aromatic heterocycles. The highest BCUT2D eigenvalue weighted by Crippen LogP contribution is 2.28.